The van der Waals surface area contributed by atoms with Crippen molar-refractivity contribution < 1.29 is 13.6 Å². The number of halogens is 1. The number of benzene rings is 1. The first kappa shape index (κ1) is 14.1. The summed E-state index contributed by atoms with van der Waals surface area (Å²) in [6.45, 7) is -0.584. The topological polar surface area (TPSA) is 54.3 Å². The van der Waals surface area contributed by atoms with E-state index in [1.807, 2.05) is 36.4 Å². The van der Waals surface area contributed by atoms with E-state index in [0.29, 0.717) is 12.2 Å². The lowest BCUT2D eigenvalue weighted by Crippen LogP contribution is -2.39. The standard InChI is InChI=1S/C15H17FN2O2/c16-8-9-17-15(19)18-13(14-7-4-10-20-14)11-12-5-2-1-3-6-12/h1-7,10,13H,8-9,11H2,(H2,17,18,19). The lowest BCUT2D eigenvalue weighted by Gasteiger charge is -2.17. The average Bonchev–Trinajstić information content (AvgIpc) is 3.00. The first-order chi connectivity index (χ1) is 9.79. The number of carbonyl (C=O) groups excluding carboxylic acids is 1. The van der Waals surface area contributed by atoms with Gasteiger partial charge in [0.2, 0.25) is 0 Å². The minimum Gasteiger partial charge on any atom is -0.467 e. The molecule has 1 atom stereocenters. The van der Waals surface area contributed by atoms with Crippen LogP contribution in [-0.2, 0) is 6.42 Å². The Morgan fingerprint density at radius 1 is 1.20 bits per heavy atom. The fourth-order valence-electron chi connectivity index (χ4n) is 1.93. The summed E-state index contributed by atoms with van der Waals surface area (Å²) in [6.07, 6.45) is 2.17. The Morgan fingerprint density at radius 2 is 2.00 bits per heavy atom. The second kappa shape index (κ2) is 7.33. The first-order valence-electron chi connectivity index (χ1n) is 6.47. The molecule has 0 spiro atoms. The molecule has 0 aliphatic heterocycles. The maximum Gasteiger partial charge on any atom is 0.315 e. The SMILES string of the molecule is O=C(NCCF)NC(Cc1ccccc1)c1ccco1. The van der Waals surface area contributed by atoms with E-state index < -0.39 is 12.7 Å². The Kier molecular flexibility index (Phi) is 5.17. The van der Waals surface area contributed by atoms with Gasteiger partial charge in [0.1, 0.15) is 12.4 Å². The molecule has 2 N–H and O–H groups in total. The normalized spacial score (nSPS) is 11.8. The number of rotatable bonds is 6. The van der Waals surface area contributed by atoms with Gasteiger partial charge in [0.25, 0.3) is 0 Å². The number of urea groups is 1. The Balaban J connectivity index is 2.04. The molecule has 2 rings (SSSR count). The van der Waals surface area contributed by atoms with Crippen LogP contribution < -0.4 is 10.6 Å². The maximum atomic E-state index is 12.1. The Morgan fingerprint density at radius 3 is 2.65 bits per heavy atom. The Labute approximate surface area is 117 Å². The third-order valence-corrected chi connectivity index (χ3v) is 2.85. The van der Waals surface area contributed by atoms with Crippen molar-refractivity contribution in [1.82, 2.24) is 10.6 Å². The van der Waals surface area contributed by atoms with Crippen LogP contribution in [0.3, 0.4) is 0 Å². The molecule has 1 unspecified atom stereocenters. The molecule has 0 aliphatic rings. The zero-order valence-electron chi connectivity index (χ0n) is 11.0. The highest BCUT2D eigenvalue weighted by molar-refractivity contribution is 5.74. The molecular formula is C15H17FN2O2. The molecule has 5 heteroatoms. The van der Waals surface area contributed by atoms with Gasteiger partial charge in [-0.3, -0.25) is 0 Å². The molecule has 0 fully saturated rings. The van der Waals surface area contributed by atoms with Gasteiger partial charge in [-0.05, 0) is 24.1 Å². The quantitative estimate of drug-likeness (QED) is 0.852. The van der Waals surface area contributed by atoms with Gasteiger partial charge < -0.3 is 15.1 Å². The van der Waals surface area contributed by atoms with E-state index in [4.69, 9.17) is 4.42 Å². The highest BCUT2D eigenvalue weighted by atomic mass is 19.1. The monoisotopic (exact) mass is 276 g/mol. The number of nitrogens with one attached hydrogen (secondary N) is 2. The largest absolute Gasteiger partial charge is 0.467 e. The van der Waals surface area contributed by atoms with Crippen molar-refractivity contribution >= 4 is 6.03 Å². The van der Waals surface area contributed by atoms with Crippen molar-refractivity contribution in [2.75, 3.05) is 13.2 Å². The molecule has 1 aromatic heterocycles. The lowest BCUT2D eigenvalue weighted by atomic mass is 10.0. The van der Waals surface area contributed by atoms with Crippen LogP contribution in [0.2, 0.25) is 0 Å². The molecule has 0 radical (unpaired) electrons. The summed E-state index contributed by atoms with van der Waals surface area (Å²) in [5.74, 6) is 0.671. The van der Waals surface area contributed by atoms with E-state index in [1.165, 1.54) is 0 Å². The van der Waals surface area contributed by atoms with Gasteiger partial charge in [0, 0.05) is 6.54 Å². The molecule has 0 saturated heterocycles. The number of hydrogen-bond acceptors (Lipinski definition) is 2. The molecule has 20 heavy (non-hydrogen) atoms. The molecule has 0 aliphatic carbocycles. The van der Waals surface area contributed by atoms with E-state index in [1.54, 1.807) is 12.3 Å². The molecule has 0 saturated carbocycles. The van der Waals surface area contributed by atoms with Gasteiger partial charge in [0.15, 0.2) is 0 Å². The number of alkyl halides is 1. The minimum absolute atomic E-state index is 0.00203. The van der Waals surface area contributed by atoms with Crippen molar-refractivity contribution in [1.29, 1.82) is 0 Å². The van der Waals surface area contributed by atoms with Crippen LogP contribution in [-0.4, -0.2) is 19.3 Å². The fourth-order valence-corrected chi connectivity index (χ4v) is 1.93. The number of hydrogen-bond donors (Lipinski definition) is 2. The van der Waals surface area contributed by atoms with Gasteiger partial charge in [-0.15, -0.1) is 0 Å². The summed E-state index contributed by atoms with van der Waals surface area (Å²) in [4.78, 5) is 11.7. The minimum atomic E-state index is -0.586. The van der Waals surface area contributed by atoms with E-state index in [2.05, 4.69) is 10.6 Å². The van der Waals surface area contributed by atoms with Crippen LogP contribution in [0.15, 0.2) is 53.1 Å². The van der Waals surface area contributed by atoms with Crippen molar-refractivity contribution in [3.63, 3.8) is 0 Å². The Hall–Kier alpha value is -2.30. The average molecular weight is 276 g/mol. The summed E-state index contributed by atoms with van der Waals surface area (Å²) >= 11 is 0. The highest BCUT2D eigenvalue weighted by Gasteiger charge is 2.17. The van der Waals surface area contributed by atoms with Gasteiger partial charge in [-0.2, -0.15) is 0 Å². The molecular weight excluding hydrogens is 259 g/mol. The second-order valence-electron chi connectivity index (χ2n) is 4.35. The molecule has 1 heterocycles. The number of amides is 2. The summed E-state index contributed by atoms with van der Waals surface area (Å²) in [5, 5.41) is 5.24. The zero-order valence-corrected chi connectivity index (χ0v) is 11.0. The highest BCUT2D eigenvalue weighted by Crippen LogP contribution is 2.18. The van der Waals surface area contributed by atoms with Crippen LogP contribution in [0.5, 0.6) is 0 Å². The molecule has 106 valence electrons. The molecule has 0 bridgehead atoms. The van der Waals surface area contributed by atoms with Crippen LogP contribution in [0, 0.1) is 0 Å². The number of carbonyl (C=O) groups is 1. The maximum absolute atomic E-state index is 12.1. The van der Waals surface area contributed by atoms with E-state index in [9.17, 15) is 9.18 Å². The summed E-state index contributed by atoms with van der Waals surface area (Å²) in [5.41, 5.74) is 1.08. The van der Waals surface area contributed by atoms with Crippen molar-refractivity contribution in [2.45, 2.75) is 12.5 Å². The van der Waals surface area contributed by atoms with E-state index >= 15 is 0 Å². The van der Waals surface area contributed by atoms with Crippen LogP contribution in [0.25, 0.3) is 0 Å². The van der Waals surface area contributed by atoms with Gasteiger partial charge in [-0.25, -0.2) is 9.18 Å². The summed E-state index contributed by atoms with van der Waals surface area (Å²) in [7, 11) is 0. The third-order valence-electron chi connectivity index (χ3n) is 2.85. The summed E-state index contributed by atoms with van der Waals surface area (Å²) < 4.78 is 17.4. The van der Waals surface area contributed by atoms with E-state index in [-0.39, 0.29) is 12.6 Å². The van der Waals surface area contributed by atoms with Crippen LogP contribution in [0.4, 0.5) is 9.18 Å². The third kappa shape index (κ3) is 4.12. The smallest absolute Gasteiger partial charge is 0.315 e. The Bertz CT molecular complexity index is 514. The second-order valence-corrected chi connectivity index (χ2v) is 4.35. The van der Waals surface area contributed by atoms with Crippen molar-refractivity contribution in [2.24, 2.45) is 0 Å². The van der Waals surface area contributed by atoms with Crippen molar-refractivity contribution in [3.8, 4) is 0 Å². The molecule has 2 aromatic rings. The number of furan rings is 1. The van der Waals surface area contributed by atoms with Gasteiger partial charge in [0.05, 0.1) is 12.3 Å². The van der Waals surface area contributed by atoms with Crippen molar-refractivity contribution in [3.05, 3.63) is 60.1 Å². The van der Waals surface area contributed by atoms with Crippen LogP contribution >= 0.6 is 0 Å². The molecule has 2 amide bonds. The fraction of sp³-hybridized carbons (Fsp3) is 0.267. The zero-order chi connectivity index (χ0) is 14.2. The summed E-state index contributed by atoms with van der Waals surface area (Å²) in [6, 6.07) is 12.7. The predicted octanol–water partition coefficient (Wildman–Crippen LogP) is 2.83. The van der Waals surface area contributed by atoms with Gasteiger partial charge >= 0.3 is 6.03 Å². The molecule has 1 aromatic carbocycles. The molecule has 4 nitrogen and oxygen atoms in total. The predicted molar refractivity (Wildman–Crippen MR) is 74.1 cm³/mol. The van der Waals surface area contributed by atoms with E-state index in [0.717, 1.165) is 5.56 Å². The lowest BCUT2D eigenvalue weighted by molar-refractivity contribution is 0.233. The van der Waals surface area contributed by atoms with Gasteiger partial charge in [-0.1, -0.05) is 30.3 Å². The first-order valence-corrected chi connectivity index (χ1v) is 6.47. The van der Waals surface area contributed by atoms with Crippen LogP contribution in [0.1, 0.15) is 17.4 Å².